The number of unbranched alkanes of at least 4 members (excludes halogenated alkanes) is 1. The van der Waals surface area contributed by atoms with Gasteiger partial charge in [-0.25, -0.2) is 4.98 Å². The third-order valence-electron chi connectivity index (χ3n) is 2.27. The fourth-order valence-electron chi connectivity index (χ4n) is 1.38. The van der Waals surface area contributed by atoms with E-state index in [0.29, 0.717) is 17.4 Å². The molecule has 1 heterocycles. The fourth-order valence-corrected chi connectivity index (χ4v) is 1.54. The number of aromatic nitrogens is 1. The summed E-state index contributed by atoms with van der Waals surface area (Å²) in [6, 6.07) is 5.02. The normalized spacial score (nSPS) is 10.6. The predicted octanol–water partition coefficient (Wildman–Crippen LogP) is 1.81. The second kappa shape index (κ2) is 7.25. The topological polar surface area (TPSA) is 45.2 Å². The molecule has 0 fully saturated rings. The quantitative estimate of drug-likeness (QED) is 0.623. The lowest BCUT2D eigenvalue weighted by Crippen LogP contribution is -2.26. The Morgan fingerprint density at radius 2 is 2.18 bits per heavy atom. The number of rotatable bonds is 6. The molecule has 1 amide bonds. The van der Waals surface area contributed by atoms with Gasteiger partial charge in [-0.15, -0.1) is 0 Å². The zero-order valence-electron chi connectivity index (χ0n) is 10.2. The van der Waals surface area contributed by atoms with E-state index >= 15 is 0 Å². The Balaban J connectivity index is 2.26. The van der Waals surface area contributed by atoms with Gasteiger partial charge in [-0.2, -0.15) is 0 Å². The number of pyridine rings is 1. The van der Waals surface area contributed by atoms with Gasteiger partial charge in [0.25, 0.3) is 5.91 Å². The molecule has 0 bridgehead atoms. The zero-order valence-corrected chi connectivity index (χ0v) is 11.0. The summed E-state index contributed by atoms with van der Waals surface area (Å²) in [5.74, 6) is -0.169. The standard InChI is InChI=1S/C12H18ClN3O/c1-16(2)9-4-3-8-14-12(17)10-6-5-7-11(13)15-10/h5-7H,3-4,8-9H2,1-2H3,(H,14,17). The molecule has 0 aromatic carbocycles. The van der Waals surface area contributed by atoms with Crippen LogP contribution in [-0.2, 0) is 0 Å². The summed E-state index contributed by atoms with van der Waals surface area (Å²) >= 11 is 5.71. The molecule has 94 valence electrons. The first-order valence-corrected chi connectivity index (χ1v) is 6.03. The van der Waals surface area contributed by atoms with Crippen molar-refractivity contribution in [1.82, 2.24) is 15.2 Å². The van der Waals surface area contributed by atoms with Crippen molar-refractivity contribution in [2.24, 2.45) is 0 Å². The van der Waals surface area contributed by atoms with E-state index in [2.05, 4.69) is 15.2 Å². The minimum atomic E-state index is -0.169. The van der Waals surface area contributed by atoms with Crippen molar-refractivity contribution in [1.29, 1.82) is 0 Å². The van der Waals surface area contributed by atoms with Crippen LogP contribution >= 0.6 is 11.6 Å². The SMILES string of the molecule is CN(C)CCCCNC(=O)c1cccc(Cl)n1. The molecule has 0 aliphatic rings. The smallest absolute Gasteiger partial charge is 0.269 e. The van der Waals surface area contributed by atoms with Gasteiger partial charge in [-0.1, -0.05) is 17.7 Å². The van der Waals surface area contributed by atoms with Crippen molar-refractivity contribution in [2.75, 3.05) is 27.2 Å². The average Bonchev–Trinajstić information content (AvgIpc) is 2.28. The minimum absolute atomic E-state index is 0.169. The van der Waals surface area contributed by atoms with Crippen LogP contribution in [0.5, 0.6) is 0 Å². The Morgan fingerprint density at radius 3 is 2.82 bits per heavy atom. The average molecular weight is 256 g/mol. The summed E-state index contributed by atoms with van der Waals surface area (Å²) in [5, 5.41) is 3.16. The molecule has 0 aliphatic carbocycles. The van der Waals surface area contributed by atoms with Crippen molar-refractivity contribution in [3.05, 3.63) is 29.0 Å². The van der Waals surface area contributed by atoms with Gasteiger partial charge in [0.15, 0.2) is 0 Å². The molecule has 4 nitrogen and oxygen atoms in total. The highest BCUT2D eigenvalue weighted by Gasteiger charge is 2.06. The van der Waals surface area contributed by atoms with Gasteiger partial charge in [0.1, 0.15) is 10.8 Å². The monoisotopic (exact) mass is 255 g/mol. The zero-order chi connectivity index (χ0) is 12.7. The van der Waals surface area contributed by atoms with Crippen molar-refractivity contribution >= 4 is 17.5 Å². The lowest BCUT2D eigenvalue weighted by Gasteiger charge is -2.09. The van der Waals surface area contributed by atoms with Crippen LogP contribution in [0.3, 0.4) is 0 Å². The second-order valence-corrected chi connectivity index (χ2v) is 4.50. The fraction of sp³-hybridized carbons (Fsp3) is 0.500. The first kappa shape index (κ1) is 13.9. The van der Waals surface area contributed by atoms with Gasteiger partial charge in [-0.05, 0) is 45.6 Å². The molecule has 1 aromatic heterocycles. The second-order valence-electron chi connectivity index (χ2n) is 4.11. The molecule has 0 spiro atoms. The highest BCUT2D eigenvalue weighted by Crippen LogP contribution is 2.04. The van der Waals surface area contributed by atoms with Gasteiger partial charge >= 0.3 is 0 Å². The maximum absolute atomic E-state index is 11.7. The molecule has 0 unspecified atom stereocenters. The Morgan fingerprint density at radius 1 is 1.41 bits per heavy atom. The van der Waals surface area contributed by atoms with Crippen molar-refractivity contribution in [3.8, 4) is 0 Å². The lowest BCUT2D eigenvalue weighted by atomic mass is 10.3. The van der Waals surface area contributed by atoms with E-state index in [-0.39, 0.29) is 5.91 Å². The van der Waals surface area contributed by atoms with Crippen LogP contribution in [0.15, 0.2) is 18.2 Å². The van der Waals surface area contributed by atoms with Crippen LogP contribution in [0.2, 0.25) is 5.15 Å². The van der Waals surface area contributed by atoms with Crippen molar-refractivity contribution in [3.63, 3.8) is 0 Å². The number of amides is 1. The Hall–Kier alpha value is -1.13. The molecule has 0 aliphatic heterocycles. The molecule has 17 heavy (non-hydrogen) atoms. The molecule has 1 N–H and O–H groups in total. The molecule has 0 atom stereocenters. The highest BCUT2D eigenvalue weighted by atomic mass is 35.5. The van der Waals surface area contributed by atoms with Crippen LogP contribution in [0.4, 0.5) is 0 Å². The summed E-state index contributed by atoms with van der Waals surface area (Å²) in [7, 11) is 4.07. The van der Waals surface area contributed by atoms with E-state index in [1.165, 1.54) is 0 Å². The predicted molar refractivity (Wildman–Crippen MR) is 69.4 cm³/mol. The summed E-state index contributed by atoms with van der Waals surface area (Å²) in [5.41, 5.74) is 0.366. The third-order valence-corrected chi connectivity index (χ3v) is 2.48. The van der Waals surface area contributed by atoms with E-state index in [9.17, 15) is 4.79 Å². The summed E-state index contributed by atoms with van der Waals surface area (Å²) in [4.78, 5) is 17.7. The van der Waals surface area contributed by atoms with Crippen LogP contribution < -0.4 is 5.32 Å². The molecule has 1 rings (SSSR count). The summed E-state index contributed by atoms with van der Waals surface area (Å²) < 4.78 is 0. The largest absolute Gasteiger partial charge is 0.351 e. The van der Waals surface area contributed by atoms with Crippen LogP contribution in [0.1, 0.15) is 23.3 Å². The lowest BCUT2D eigenvalue weighted by molar-refractivity contribution is 0.0948. The molecule has 0 radical (unpaired) electrons. The first-order valence-electron chi connectivity index (χ1n) is 5.65. The molecular formula is C12H18ClN3O. The number of hydrogen-bond acceptors (Lipinski definition) is 3. The Bertz CT molecular complexity index is 369. The highest BCUT2D eigenvalue weighted by molar-refractivity contribution is 6.29. The van der Waals surface area contributed by atoms with Gasteiger partial charge in [0.2, 0.25) is 0 Å². The van der Waals surface area contributed by atoms with Gasteiger partial charge in [0.05, 0.1) is 0 Å². The number of carbonyl (C=O) groups is 1. The molecule has 1 aromatic rings. The molecular weight excluding hydrogens is 238 g/mol. The van der Waals surface area contributed by atoms with Gasteiger partial charge in [0, 0.05) is 6.54 Å². The molecule has 0 saturated heterocycles. The summed E-state index contributed by atoms with van der Waals surface area (Å²) in [6.45, 7) is 1.70. The van der Waals surface area contributed by atoms with E-state index in [0.717, 1.165) is 19.4 Å². The molecule has 5 heteroatoms. The number of carbonyl (C=O) groups excluding carboxylic acids is 1. The summed E-state index contributed by atoms with van der Waals surface area (Å²) in [6.07, 6.45) is 2.03. The van der Waals surface area contributed by atoms with Gasteiger partial charge < -0.3 is 10.2 Å². The van der Waals surface area contributed by atoms with Crippen molar-refractivity contribution in [2.45, 2.75) is 12.8 Å². The Labute approximate surface area is 107 Å². The van der Waals surface area contributed by atoms with Crippen LogP contribution in [0, 0.1) is 0 Å². The van der Waals surface area contributed by atoms with E-state index in [4.69, 9.17) is 11.6 Å². The van der Waals surface area contributed by atoms with E-state index < -0.39 is 0 Å². The number of nitrogens with one attached hydrogen (secondary N) is 1. The van der Waals surface area contributed by atoms with Gasteiger partial charge in [-0.3, -0.25) is 4.79 Å². The van der Waals surface area contributed by atoms with Crippen LogP contribution in [-0.4, -0.2) is 43.0 Å². The third kappa shape index (κ3) is 5.65. The van der Waals surface area contributed by atoms with Crippen LogP contribution in [0.25, 0.3) is 0 Å². The maximum atomic E-state index is 11.7. The number of nitrogens with zero attached hydrogens (tertiary/aromatic N) is 2. The van der Waals surface area contributed by atoms with Crippen molar-refractivity contribution < 1.29 is 4.79 Å². The molecule has 0 saturated carbocycles. The Kier molecular flexibility index (Phi) is 5.94. The first-order chi connectivity index (χ1) is 8.09. The maximum Gasteiger partial charge on any atom is 0.269 e. The van der Waals surface area contributed by atoms with E-state index in [1.54, 1.807) is 18.2 Å². The minimum Gasteiger partial charge on any atom is -0.351 e. The van der Waals surface area contributed by atoms with E-state index in [1.807, 2.05) is 14.1 Å². The number of hydrogen-bond donors (Lipinski definition) is 1. The number of halogens is 1.